The van der Waals surface area contributed by atoms with Crippen molar-refractivity contribution in [3.63, 3.8) is 0 Å². The normalized spacial score (nSPS) is 27.8. The Kier molecular flexibility index (Phi) is 7.81. The molecule has 3 rings (SSSR count). The molecule has 0 saturated heterocycles. The van der Waals surface area contributed by atoms with Crippen LogP contribution in [0.15, 0.2) is 11.8 Å². The van der Waals surface area contributed by atoms with Gasteiger partial charge in [0.05, 0.1) is 6.61 Å². The molecule has 1 heterocycles. The number of hydrogen-bond acceptors (Lipinski definition) is 4. The zero-order valence-corrected chi connectivity index (χ0v) is 16.0. The van der Waals surface area contributed by atoms with Crippen molar-refractivity contribution in [3.05, 3.63) is 11.8 Å². The van der Waals surface area contributed by atoms with E-state index in [0.29, 0.717) is 24.2 Å². The zero-order chi connectivity index (χ0) is 18.2. The number of ether oxygens (including phenoxy) is 2. The Morgan fingerprint density at radius 3 is 2.58 bits per heavy atom. The molecule has 2 N–H and O–H groups in total. The first kappa shape index (κ1) is 19.7. The van der Waals surface area contributed by atoms with Gasteiger partial charge in [-0.05, 0) is 56.4 Å². The summed E-state index contributed by atoms with van der Waals surface area (Å²) < 4.78 is 11.8. The third kappa shape index (κ3) is 5.71. The number of carbonyl (C=O) groups is 1. The molecule has 0 unspecified atom stereocenters. The van der Waals surface area contributed by atoms with Crippen molar-refractivity contribution in [2.24, 2.45) is 11.8 Å². The molecule has 0 aromatic heterocycles. The first-order chi connectivity index (χ1) is 12.8. The number of unbranched alkanes of at least 4 members (excludes halogenated alkanes) is 1. The van der Waals surface area contributed by atoms with Gasteiger partial charge in [-0.3, -0.25) is 4.79 Å². The van der Waals surface area contributed by atoms with Crippen LogP contribution in [0.25, 0.3) is 0 Å². The maximum absolute atomic E-state index is 12.8. The molecule has 1 amide bonds. The predicted octanol–water partition coefficient (Wildman–Crippen LogP) is 3.66. The van der Waals surface area contributed by atoms with Gasteiger partial charge in [-0.25, -0.2) is 0 Å². The highest BCUT2D eigenvalue weighted by atomic mass is 16.7. The summed E-state index contributed by atoms with van der Waals surface area (Å²) in [5.74, 6) is 1.43. The average Bonchev–Trinajstić information content (AvgIpc) is 3.21. The summed E-state index contributed by atoms with van der Waals surface area (Å²) in [6.45, 7) is 0.759. The minimum Gasteiger partial charge on any atom is -0.459 e. The van der Waals surface area contributed by atoms with Crippen LogP contribution in [0, 0.1) is 11.8 Å². The average molecular weight is 366 g/mol. The highest BCUT2D eigenvalue weighted by Crippen LogP contribution is 2.38. The predicted molar refractivity (Wildman–Crippen MR) is 100 cm³/mol. The van der Waals surface area contributed by atoms with Crippen molar-refractivity contribution in [2.45, 2.75) is 89.4 Å². The fourth-order valence-electron chi connectivity index (χ4n) is 4.59. The van der Waals surface area contributed by atoms with Gasteiger partial charge in [-0.15, -0.1) is 0 Å². The largest absolute Gasteiger partial charge is 0.459 e. The van der Waals surface area contributed by atoms with E-state index in [1.165, 1.54) is 44.9 Å². The molecule has 148 valence electrons. The van der Waals surface area contributed by atoms with Crippen LogP contribution in [0.4, 0.5) is 0 Å². The summed E-state index contributed by atoms with van der Waals surface area (Å²) in [5, 5.41) is 12.1. The standard InChI is InChI=1S/C21H35NO4/c23-12-6-7-13-25-20-15-17(16-8-4-5-9-16)14-19(26-20)21(24)22-18-10-2-1-3-11-18/h14,16-18,20,23H,1-13,15H2,(H,22,24)/t17-,20+/m1/s1. The van der Waals surface area contributed by atoms with Crippen molar-refractivity contribution >= 4 is 5.91 Å². The first-order valence-electron chi connectivity index (χ1n) is 10.7. The highest BCUT2D eigenvalue weighted by Gasteiger charge is 2.34. The molecule has 3 aliphatic rings. The van der Waals surface area contributed by atoms with Crippen LogP contribution < -0.4 is 5.32 Å². The van der Waals surface area contributed by atoms with Gasteiger partial charge in [0.15, 0.2) is 5.76 Å². The molecule has 0 aromatic carbocycles. The number of rotatable bonds is 8. The quantitative estimate of drug-likeness (QED) is 0.644. The number of hydrogen-bond donors (Lipinski definition) is 2. The minimum atomic E-state index is -0.337. The molecule has 2 atom stereocenters. The van der Waals surface area contributed by atoms with Crippen molar-refractivity contribution in [2.75, 3.05) is 13.2 Å². The Labute approximate surface area is 157 Å². The number of carbonyl (C=O) groups excluding carboxylic acids is 1. The third-order valence-electron chi connectivity index (χ3n) is 6.11. The fourth-order valence-corrected chi connectivity index (χ4v) is 4.59. The maximum Gasteiger partial charge on any atom is 0.286 e. The molecule has 26 heavy (non-hydrogen) atoms. The number of aliphatic hydroxyl groups excluding tert-OH is 1. The lowest BCUT2D eigenvalue weighted by Gasteiger charge is -2.32. The topological polar surface area (TPSA) is 67.8 Å². The summed E-state index contributed by atoms with van der Waals surface area (Å²) in [4.78, 5) is 12.8. The molecular formula is C21H35NO4. The molecule has 0 radical (unpaired) electrons. The van der Waals surface area contributed by atoms with E-state index < -0.39 is 0 Å². The van der Waals surface area contributed by atoms with Gasteiger partial charge in [0.25, 0.3) is 5.91 Å². The van der Waals surface area contributed by atoms with Crippen LogP contribution in [0.1, 0.15) is 77.0 Å². The SMILES string of the molecule is O=C(NC1CCCCC1)C1=C[C@@H](C2CCCC2)C[C@@H](OCCCCO)O1. The van der Waals surface area contributed by atoms with Gasteiger partial charge in [0, 0.05) is 19.1 Å². The lowest BCUT2D eigenvalue weighted by molar-refractivity contribution is -0.151. The van der Waals surface area contributed by atoms with Gasteiger partial charge >= 0.3 is 0 Å². The summed E-state index contributed by atoms with van der Waals surface area (Å²) >= 11 is 0. The Bertz CT molecular complexity index is 467. The Morgan fingerprint density at radius 2 is 1.85 bits per heavy atom. The van der Waals surface area contributed by atoms with E-state index in [0.717, 1.165) is 32.1 Å². The summed E-state index contributed by atoms with van der Waals surface area (Å²) in [7, 11) is 0. The van der Waals surface area contributed by atoms with E-state index in [-0.39, 0.29) is 24.8 Å². The first-order valence-corrected chi connectivity index (χ1v) is 10.7. The summed E-state index contributed by atoms with van der Waals surface area (Å²) in [5.41, 5.74) is 0. The van der Waals surface area contributed by atoms with Crippen molar-refractivity contribution in [1.82, 2.24) is 5.32 Å². The smallest absolute Gasteiger partial charge is 0.286 e. The van der Waals surface area contributed by atoms with Crippen molar-refractivity contribution < 1.29 is 19.4 Å². The Morgan fingerprint density at radius 1 is 1.12 bits per heavy atom. The maximum atomic E-state index is 12.8. The van der Waals surface area contributed by atoms with Crippen LogP contribution in [-0.4, -0.2) is 36.6 Å². The van der Waals surface area contributed by atoms with E-state index in [2.05, 4.69) is 11.4 Å². The molecule has 0 bridgehead atoms. The van der Waals surface area contributed by atoms with Gasteiger partial charge < -0.3 is 19.9 Å². The molecule has 2 fully saturated rings. The van der Waals surface area contributed by atoms with E-state index in [1.807, 2.05) is 0 Å². The second-order valence-corrected chi connectivity index (χ2v) is 8.13. The molecule has 1 aliphatic heterocycles. The lowest BCUT2D eigenvalue weighted by atomic mass is 9.86. The van der Waals surface area contributed by atoms with Crippen LogP contribution in [-0.2, 0) is 14.3 Å². The molecule has 0 aromatic rings. The summed E-state index contributed by atoms with van der Waals surface area (Å²) in [6, 6.07) is 0.288. The molecular weight excluding hydrogens is 330 g/mol. The van der Waals surface area contributed by atoms with E-state index in [9.17, 15) is 4.79 Å². The van der Waals surface area contributed by atoms with Crippen molar-refractivity contribution in [3.8, 4) is 0 Å². The molecule has 0 spiro atoms. The van der Waals surface area contributed by atoms with E-state index in [1.54, 1.807) is 0 Å². The number of allylic oxidation sites excluding steroid dienone is 1. The third-order valence-corrected chi connectivity index (χ3v) is 6.11. The number of amides is 1. The minimum absolute atomic E-state index is 0.0662. The van der Waals surface area contributed by atoms with Gasteiger partial charge in [-0.1, -0.05) is 32.1 Å². The molecule has 5 heteroatoms. The van der Waals surface area contributed by atoms with Crippen LogP contribution >= 0.6 is 0 Å². The fraction of sp³-hybridized carbons (Fsp3) is 0.857. The Balaban J connectivity index is 1.59. The van der Waals surface area contributed by atoms with E-state index in [4.69, 9.17) is 14.6 Å². The van der Waals surface area contributed by atoms with Crippen LogP contribution in [0.2, 0.25) is 0 Å². The molecule has 2 aliphatic carbocycles. The second kappa shape index (κ2) is 10.3. The number of nitrogens with one attached hydrogen (secondary N) is 1. The number of aliphatic hydroxyl groups is 1. The highest BCUT2D eigenvalue weighted by molar-refractivity contribution is 5.91. The lowest BCUT2D eigenvalue weighted by Crippen LogP contribution is -2.40. The Hall–Kier alpha value is -1.07. The van der Waals surface area contributed by atoms with E-state index >= 15 is 0 Å². The van der Waals surface area contributed by atoms with Crippen molar-refractivity contribution in [1.29, 1.82) is 0 Å². The van der Waals surface area contributed by atoms with Crippen LogP contribution in [0.5, 0.6) is 0 Å². The molecule has 5 nitrogen and oxygen atoms in total. The second-order valence-electron chi connectivity index (χ2n) is 8.13. The van der Waals surface area contributed by atoms with Gasteiger partial charge in [0.1, 0.15) is 0 Å². The monoisotopic (exact) mass is 365 g/mol. The summed E-state index contributed by atoms with van der Waals surface area (Å²) in [6.07, 6.45) is 15.0. The van der Waals surface area contributed by atoms with Crippen LogP contribution in [0.3, 0.4) is 0 Å². The van der Waals surface area contributed by atoms with Gasteiger partial charge in [0.2, 0.25) is 6.29 Å². The molecule has 2 saturated carbocycles. The zero-order valence-electron chi connectivity index (χ0n) is 16.0. The van der Waals surface area contributed by atoms with Gasteiger partial charge in [-0.2, -0.15) is 0 Å².